The maximum atomic E-state index is 12.6. The van der Waals surface area contributed by atoms with Gasteiger partial charge in [0, 0.05) is 7.05 Å². The average molecular weight is 308 g/mol. The van der Waals surface area contributed by atoms with Gasteiger partial charge in [0.15, 0.2) is 9.84 Å². The quantitative estimate of drug-likeness (QED) is 0.928. The second-order valence-electron chi connectivity index (χ2n) is 4.96. The zero-order valence-corrected chi connectivity index (χ0v) is 12.8. The standard InChI is InChI=1S/C14H16N2O4S/c1-9-4-5-10(2)13(6-9)21(19,20)8-12-11(14(17)18)7-15-16(12)3/h4-7H,8H2,1-3H3,(H,17,18). The van der Waals surface area contributed by atoms with Gasteiger partial charge in [-0.2, -0.15) is 5.10 Å². The molecule has 21 heavy (non-hydrogen) atoms. The number of hydrogen-bond acceptors (Lipinski definition) is 4. The van der Waals surface area contributed by atoms with Gasteiger partial charge >= 0.3 is 5.97 Å². The number of aromatic nitrogens is 2. The van der Waals surface area contributed by atoms with Gasteiger partial charge in [0.2, 0.25) is 0 Å². The Morgan fingerprint density at radius 2 is 2.00 bits per heavy atom. The van der Waals surface area contributed by atoms with E-state index in [9.17, 15) is 13.2 Å². The van der Waals surface area contributed by atoms with E-state index in [1.165, 1.54) is 11.7 Å². The summed E-state index contributed by atoms with van der Waals surface area (Å²) in [5.74, 6) is -1.58. The van der Waals surface area contributed by atoms with E-state index >= 15 is 0 Å². The minimum atomic E-state index is -3.64. The topological polar surface area (TPSA) is 89.3 Å². The van der Waals surface area contributed by atoms with Crippen LogP contribution in [0.5, 0.6) is 0 Å². The van der Waals surface area contributed by atoms with Crippen LogP contribution in [0.15, 0.2) is 29.3 Å². The Hall–Kier alpha value is -2.15. The molecule has 6 nitrogen and oxygen atoms in total. The van der Waals surface area contributed by atoms with Gasteiger partial charge in [-0.05, 0) is 31.0 Å². The highest BCUT2D eigenvalue weighted by atomic mass is 32.2. The predicted molar refractivity (Wildman–Crippen MR) is 77.0 cm³/mol. The van der Waals surface area contributed by atoms with Crippen molar-refractivity contribution in [3.8, 4) is 0 Å². The van der Waals surface area contributed by atoms with Gasteiger partial charge in [-0.3, -0.25) is 4.68 Å². The Bertz CT molecular complexity index is 806. The van der Waals surface area contributed by atoms with E-state index in [2.05, 4.69) is 5.10 Å². The summed E-state index contributed by atoms with van der Waals surface area (Å²) in [7, 11) is -2.11. The molecular formula is C14H16N2O4S. The summed E-state index contributed by atoms with van der Waals surface area (Å²) in [4.78, 5) is 11.4. The van der Waals surface area contributed by atoms with E-state index in [0.29, 0.717) is 5.56 Å². The molecule has 112 valence electrons. The third kappa shape index (κ3) is 2.97. The number of hydrogen-bond donors (Lipinski definition) is 1. The molecule has 0 aliphatic heterocycles. The third-order valence-corrected chi connectivity index (χ3v) is 5.06. The molecular weight excluding hydrogens is 292 g/mol. The molecule has 0 bridgehead atoms. The minimum absolute atomic E-state index is 0.0913. The molecule has 0 aliphatic carbocycles. The summed E-state index contributed by atoms with van der Waals surface area (Å²) in [6.07, 6.45) is 1.16. The largest absolute Gasteiger partial charge is 0.478 e. The monoisotopic (exact) mass is 308 g/mol. The zero-order chi connectivity index (χ0) is 15.8. The summed E-state index contributed by atoms with van der Waals surface area (Å²) < 4.78 is 26.4. The first-order valence-electron chi connectivity index (χ1n) is 6.26. The molecule has 0 saturated carbocycles. The lowest BCUT2D eigenvalue weighted by atomic mass is 10.2. The number of aryl methyl sites for hydroxylation is 3. The number of benzene rings is 1. The smallest absolute Gasteiger partial charge is 0.339 e. The zero-order valence-electron chi connectivity index (χ0n) is 12.0. The van der Waals surface area contributed by atoms with Crippen molar-refractivity contribution in [2.24, 2.45) is 7.05 Å². The van der Waals surface area contributed by atoms with E-state index in [4.69, 9.17) is 5.11 Å². The number of carboxylic acid groups (broad SMARTS) is 1. The van der Waals surface area contributed by atoms with Crippen molar-refractivity contribution in [3.05, 3.63) is 46.8 Å². The van der Waals surface area contributed by atoms with Gasteiger partial charge in [0.1, 0.15) is 5.56 Å². The molecule has 0 radical (unpaired) electrons. The Morgan fingerprint density at radius 3 is 2.62 bits per heavy atom. The molecule has 0 unspecified atom stereocenters. The molecule has 0 saturated heterocycles. The second kappa shape index (κ2) is 5.33. The molecule has 1 N–H and O–H groups in total. The van der Waals surface area contributed by atoms with Crippen molar-refractivity contribution in [1.29, 1.82) is 0 Å². The van der Waals surface area contributed by atoms with E-state index in [-0.39, 0.29) is 16.2 Å². The van der Waals surface area contributed by atoms with Crippen LogP contribution >= 0.6 is 0 Å². The highest BCUT2D eigenvalue weighted by Crippen LogP contribution is 2.22. The van der Waals surface area contributed by atoms with Gasteiger partial charge in [0.05, 0.1) is 22.5 Å². The fourth-order valence-corrected chi connectivity index (χ4v) is 3.89. The van der Waals surface area contributed by atoms with Crippen LogP contribution < -0.4 is 0 Å². The predicted octanol–water partition coefficient (Wildman–Crippen LogP) is 1.71. The molecule has 2 aromatic rings. The summed E-state index contributed by atoms with van der Waals surface area (Å²) in [5.41, 5.74) is 1.55. The van der Waals surface area contributed by atoms with E-state index < -0.39 is 21.6 Å². The van der Waals surface area contributed by atoms with Crippen LogP contribution in [0.2, 0.25) is 0 Å². The first-order valence-corrected chi connectivity index (χ1v) is 7.92. The van der Waals surface area contributed by atoms with Crippen molar-refractivity contribution in [3.63, 3.8) is 0 Å². The lowest BCUT2D eigenvalue weighted by molar-refractivity contribution is 0.0696. The number of carboxylic acids is 1. The summed E-state index contributed by atoms with van der Waals surface area (Å²) >= 11 is 0. The Balaban J connectivity index is 2.50. The number of nitrogens with zero attached hydrogens (tertiary/aromatic N) is 2. The Kier molecular flexibility index (Phi) is 3.87. The molecule has 1 heterocycles. The van der Waals surface area contributed by atoms with Crippen molar-refractivity contribution >= 4 is 15.8 Å². The average Bonchev–Trinajstić information content (AvgIpc) is 2.73. The Labute approximate surface area is 123 Å². The Morgan fingerprint density at radius 1 is 1.33 bits per heavy atom. The van der Waals surface area contributed by atoms with Gasteiger partial charge in [-0.15, -0.1) is 0 Å². The van der Waals surface area contributed by atoms with Crippen molar-refractivity contribution in [1.82, 2.24) is 9.78 Å². The lowest BCUT2D eigenvalue weighted by Crippen LogP contribution is -2.13. The fourth-order valence-electron chi connectivity index (χ4n) is 2.11. The van der Waals surface area contributed by atoms with E-state index in [0.717, 1.165) is 11.8 Å². The first kappa shape index (κ1) is 15.2. The molecule has 0 atom stereocenters. The normalized spacial score (nSPS) is 11.6. The van der Waals surface area contributed by atoms with Crippen LogP contribution in [-0.2, 0) is 22.6 Å². The molecule has 0 aliphatic rings. The highest BCUT2D eigenvalue weighted by Gasteiger charge is 2.24. The molecule has 1 aromatic carbocycles. The van der Waals surface area contributed by atoms with Gasteiger partial charge in [-0.1, -0.05) is 12.1 Å². The second-order valence-corrected chi connectivity index (χ2v) is 6.92. The number of sulfone groups is 1. The van der Waals surface area contributed by atoms with Crippen LogP contribution in [-0.4, -0.2) is 29.3 Å². The maximum absolute atomic E-state index is 12.6. The van der Waals surface area contributed by atoms with E-state index in [1.807, 2.05) is 13.0 Å². The van der Waals surface area contributed by atoms with Gasteiger partial charge < -0.3 is 5.11 Å². The van der Waals surface area contributed by atoms with Crippen molar-refractivity contribution in [2.45, 2.75) is 24.5 Å². The van der Waals surface area contributed by atoms with Crippen LogP contribution in [0.25, 0.3) is 0 Å². The van der Waals surface area contributed by atoms with Crippen LogP contribution in [0.4, 0.5) is 0 Å². The van der Waals surface area contributed by atoms with E-state index in [1.54, 1.807) is 19.1 Å². The summed E-state index contributed by atoms with van der Waals surface area (Å²) in [6, 6.07) is 5.17. The van der Waals surface area contributed by atoms with Crippen molar-refractivity contribution in [2.75, 3.05) is 0 Å². The minimum Gasteiger partial charge on any atom is -0.478 e. The molecule has 0 spiro atoms. The number of carbonyl (C=O) groups is 1. The van der Waals surface area contributed by atoms with Crippen LogP contribution in [0, 0.1) is 13.8 Å². The molecule has 2 rings (SSSR count). The van der Waals surface area contributed by atoms with Crippen molar-refractivity contribution < 1.29 is 18.3 Å². The molecule has 7 heteroatoms. The van der Waals surface area contributed by atoms with Crippen LogP contribution in [0.1, 0.15) is 27.2 Å². The number of rotatable bonds is 4. The third-order valence-electron chi connectivity index (χ3n) is 3.30. The summed E-state index contributed by atoms with van der Waals surface area (Å²) in [5, 5.41) is 12.9. The molecule has 0 amide bonds. The molecule has 0 fully saturated rings. The SMILES string of the molecule is Cc1ccc(C)c(S(=O)(=O)Cc2c(C(=O)O)cnn2C)c1. The molecule has 1 aromatic heterocycles. The van der Waals surface area contributed by atoms with Gasteiger partial charge in [-0.25, -0.2) is 13.2 Å². The fraction of sp³-hybridized carbons (Fsp3) is 0.286. The van der Waals surface area contributed by atoms with Gasteiger partial charge in [0.25, 0.3) is 0 Å². The van der Waals surface area contributed by atoms with Crippen LogP contribution in [0.3, 0.4) is 0 Å². The lowest BCUT2D eigenvalue weighted by Gasteiger charge is -2.10. The number of aromatic carboxylic acids is 1. The summed E-state index contributed by atoms with van der Waals surface area (Å²) in [6.45, 7) is 3.53. The highest BCUT2D eigenvalue weighted by molar-refractivity contribution is 7.90. The first-order chi connectivity index (χ1) is 9.72. The maximum Gasteiger partial charge on any atom is 0.339 e.